The number of rotatable bonds is 7. The number of nitrogens with one attached hydrogen (secondary N) is 1. The van der Waals surface area contributed by atoms with Gasteiger partial charge in [0, 0.05) is 5.69 Å². The molecule has 1 heterocycles. The van der Waals surface area contributed by atoms with Crippen LogP contribution in [-0.2, 0) is 16.0 Å². The number of aryl methyl sites for hydroxylation is 1. The molecule has 35 heavy (non-hydrogen) atoms. The molecule has 0 atom stereocenters. The van der Waals surface area contributed by atoms with Gasteiger partial charge >= 0.3 is 5.97 Å². The molecule has 1 N–H and O–H groups in total. The van der Waals surface area contributed by atoms with E-state index in [4.69, 9.17) is 16.3 Å². The Morgan fingerprint density at radius 2 is 1.60 bits per heavy atom. The molecule has 0 saturated carbocycles. The number of anilines is 2. The number of halogens is 1. The van der Waals surface area contributed by atoms with Gasteiger partial charge in [-0.3, -0.25) is 9.59 Å². The molecule has 1 aliphatic heterocycles. The number of hydrogen-bond acceptors (Lipinski definition) is 5. The van der Waals surface area contributed by atoms with Crippen LogP contribution in [0.1, 0.15) is 48.2 Å². The van der Waals surface area contributed by atoms with E-state index in [9.17, 15) is 14.4 Å². The van der Waals surface area contributed by atoms with Crippen molar-refractivity contribution >= 4 is 40.8 Å². The van der Waals surface area contributed by atoms with Crippen molar-refractivity contribution in [3.63, 3.8) is 0 Å². The summed E-state index contributed by atoms with van der Waals surface area (Å²) in [5.74, 6) is -0.765. The summed E-state index contributed by atoms with van der Waals surface area (Å²) in [6, 6.07) is 21.0. The Kier molecular flexibility index (Phi) is 7.03. The first kappa shape index (κ1) is 24.2. The Bertz CT molecular complexity index is 1310. The second-order valence-electron chi connectivity index (χ2n) is 8.43. The molecule has 3 aromatic rings. The number of esters is 1. The Hall–Kier alpha value is -3.90. The minimum atomic E-state index is -0.580. The monoisotopic (exact) mass is 488 g/mol. The van der Waals surface area contributed by atoms with E-state index in [-0.39, 0.29) is 10.7 Å². The third kappa shape index (κ3) is 4.98. The van der Waals surface area contributed by atoms with Crippen molar-refractivity contribution in [1.29, 1.82) is 0 Å². The topological polar surface area (TPSA) is 75.7 Å². The van der Waals surface area contributed by atoms with Gasteiger partial charge in [0.25, 0.3) is 11.8 Å². The zero-order chi connectivity index (χ0) is 25.1. The third-order valence-corrected chi connectivity index (χ3v) is 6.14. The Morgan fingerprint density at radius 1 is 0.943 bits per heavy atom. The molecule has 0 unspecified atom stereocenters. The number of amides is 2. The quantitative estimate of drug-likeness (QED) is 0.250. The molecular weight excluding hydrogens is 464 g/mol. The van der Waals surface area contributed by atoms with Crippen LogP contribution in [0.5, 0.6) is 5.75 Å². The fraction of sp³-hybridized carbons (Fsp3) is 0.179. The summed E-state index contributed by atoms with van der Waals surface area (Å²) in [5, 5.41) is 2.74. The third-order valence-electron chi connectivity index (χ3n) is 5.79. The van der Waals surface area contributed by atoms with E-state index in [1.54, 1.807) is 48.5 Å². The van der Waals surface area contributed by atoms with Gasteiger partial charge in [0.1, 0.15) is 16.5 Å². The molecule has 7 heteroatoms. The summed E-state index contributed by atoms with van der Waals surface area (Å²) in [5.41, 5.74) is 3.37. The lowest BCUT2D eigenvalue weighted by atomic mass is 10.0. The number of carbonyl (C=O) groups excluding carboxylic acids is 3. The minimum Gasteiger partial charge on any atom is -0.423 e. The summed E-state index contributed by atoms with van der Waals surface area (Å²) in [4.78, 5) is 39.4. The van der Waals surface area contributed by atoms with E-state index in [0.717, 1.165) is 16.0 Å². The van der Waals surface area contributed by atoms with Crippen molar-refractivity contribution in [3.05, 3.63) is 100 Å². The van der Waals surface area contributed by atoms with E-state index in [0.29, 0.717) is 35.0 Å². The maximum atomic E-state index is 13.1. The van der Waals surface area contributed by atoms with Gasteiger partial charge in [-0.1, -0.05) is 62.7 Å². The smallest absolute Gasteiger partial charge is 0.343 e. The highest BCUT2D eigenvalue weighted by Crippen LogP contribution is 2.32. The van der Waals surface area contributed by atoms with Gasteiger partial charge in [-0.2, -0.15) is 0 Å². The summed E-state index contributed by atoms with van der Waals surface area (Å²) in [7, 11) is 0. The fourth-order valence-electron chi connectivity index (χ4n) is 3.78. The van der Waals surface area contributed by atoms with Crippen molar-refractivity contribution in [2.24, 2.45) is 0 Å². The molecule has 3 aromatic carbocycles. The standard InChI is InChI=1S/C28H25ClN2O4/c1-4-18-7-5-6-8-23(18)31-26(32)24(29)25(27(31)33)30-21-13-9-20(10-14-21)28(34)35-22-15-11-19(12-16-22)17(2)3/h5-17,30H,4H2,1-3H3. The molecule has 0 spiro atoms. The number of nitrogens with zero attached hydrogens (tertiary/aromatic N) is 1. The van der Waals surface area contributed by atoms with Crippen molar-refractivity contribution in [1.82, 2.24) is 0 Å². The maximum absolute atomic E-state index is 13.1. The second-order valence-corrected chi connectivity index (χ2v) is 8.81. The van der Waals surface area contributed by atoms with Gasteiger partial charge < -0.3 is 10.1 Å². The van der Waals surface area contributed by atoms with Crippen molar-refractivity contribution in [2.75, 3.05) is 10.2 Å². The molecule has 2 amide bonds. The predicted molar refractivity (Wildman–Crippen MR) is 137 cm³/mol. The molecule has 178 valence electrons. The lowest BCUT2D eigenvalue weighted by Crippen LogP contribution is -2.33. The van der Waals surface area contributed by atoms with Crippen LogP contribution in [-0.4, -0.2) is 17.8 Å². The van der Waals surface area contributed by atoms with Crippen LogP contribution < -0.4 is 15.0 Å². The average Bonchev–Trinajstić information content (AvgIpc) is 3.07. The number of ether oxygens (including phenoxy) is 1. The molecule has 6 nitrogen and oxygen atoms in total. The van der Waals surface area contributed by atoms with Crippen LogP contribution >= 0.6 is 11.6 Å². The first-order valence-electron chi connectivity index (χ1n) is 11.4. The molecule has 1 aliphatic rings. The van der Waals surface area contributed by atoms with Crippen molar-refractivity contribution < 1.29 is 19.1 Å². The largest absolute Gasteiger partial charge is 0.423 e. The number of para-hydroxylation sites is 1. The van der Waals surface area contributed by atoms with Crippen LogP contribution in [0.4, 0.5) is 11.4 Å². The minimum absolute atomic E-state index is 0.0110. The lowest BCUT2D eigenvalue weighted by molar-refractivity contribution is -0.120. The Balaban J connectivity index is 1.46. The van der Waals surface area contributed by atoms with Gasteiger partial charge in [0.2, 0.25) is 0 Å². The zero-order valence-corrected chi connectivity index (χ0v) is 20.4. The van der Waals surface area contributed by atoms with E-state index >= 15 is 0 Å². The Morgan fingerprint density at radius 3 is 2.23 bits per heavy atom. The van der Waals surface area contributed by atoms with Crippen LogP contribution in [0.15, 0.2) is 83.5 Å². The highest BCUT2D eigenvalue weighted by atomic mass is 35.5. The molecule has 0 radical (unpaired) electrons. The van der Waals surface area contributed by atoms with Crippen molar-refractivity contribution in [3.8, 4) is 5.75 Å². The summed E-state index contributed by atoms with van der Waals surface area (Å²) in [6.45, 7) is 6.14. The first-order chi connectivity index (χ1) is 16.8. The highest BCUT2D eigenvalue weighted by Gasteiger charge is 2.39. The van der Waals surface area contributed by atoms with Gasteiger partial charge in [0.05, 0.1) is 11.3 Å². The van der Waals surface area contributed by atoms with E-state index in [2.05, 4.69) is 19.2 Å². The molecule has 0 bridgehead atoms. The molecule has 0 fully saturated rings. The SMILES string of the molecule is CCc1ccccc1N1C(=O)C(Cl)=C(Nc2ccc(C(=O)Oc3ccc(C(C)C)cc3)cc2)C1=O. The number of carbonyl (C=O) groups is 3. The fourth-order valence-corrected chi connectivity index (χ4v) is 3.99. The van der Waals surface area contributed by atoms with Crippen LogP contribution in [0.3, 0.4) is 0 Å². The summed E-state index contributed by atoms with van der Waals surface area (Å²) < 4.78 is 5.45. The van der Waals surface area contributed by atoms with Gasteiger partial charge in [-0.05, 0) is 65.9 Å². The van der Waals surface area contributed by atoms with Gasteiger partial charge in [0.15, 0.2) is 0 Å². The summed E-state index contributed by atoms with van der Waals surface area (Å²) >= 11 is 6.25. The van der Waals surface area contributed by atoms with E-state index < -0.39 is 17.8 Å². The number of imide groups is 1. The first-order valence-corrected chi connectivity index (χ1v) is 11.7. The predicted octanol–water partition coefficient (Wildman–Crippen LogP) is 6.03. The molecule has 4 rings (SSSR count). The van der Waals surface area contributed by atoms with E-state index in [1.807, 2.05) is 31.2 Å². The maximum Gasteiger partial charge on any atom is 0.343 e. The lowest BCUT2D eigenvalue weighted by Gasteiger charge is -2.18. The molecule has 0 saturated heterocycles. The molecule has 0 aromatic heterocycles. The summed E-state index contributed by atoms with van der Waals surface area (Å²) in [6.07, 6.45) is 0.660. The Labute approximate surface area is 209 Å². The normalized spacial score (nSPS) is 13.6. The second kappa shape index (κ2) is 10.2. The van der Waals surface area contributed by atoms with E-state index in [1.165, 1.54) is 0 Å². The zero-order valence-electron chi connectivity index (χ0n) is 19.7. The van der Waals surface area contributed by atoms with Gasteiger partial charge in [-0.25, -0.2) is 9.69 Å². The highest BCUT2D eigenvalue weighted by molar-refractivity contribution is 6.53. The average molecular weight is 489 g/mol. The molecular formula is C28H25ClN2O4. The van der Waals surface area contributed by atoms with Crippen LogP contribution in [0.2, 0.25) is 0 Å². The van der Waals surface area contributed by atoms with Crippen LogP contribution in [0, 0.1) is 0 Å². The number of hydrogen-bond donors (Lipinski definition) is 1. The van der Waals surface area contributed by atoms with Crippen LogP contribution in [0.25, 0.3) is 0 Å². The molecule has 0 aliphatic carbocycles. The van der Waals surface area contributed by atoms with Gasteiger partial charge in [-0.15, -0.1) is 0 Å². The number of benzene rings is 3. The van der Waals surface area contributed by atoms with Crippen molar-refractivity contribution in [2.45, 2.75) is 33.1 Å².